The molecule has 0 atom stereocenters. The number of nitrogens with one attached hydrogen (secondary N) is 2. The number of nitrogens with zero attached hydrogens (tertiary/aromatic N) is 2. The Morgan fingerprint density at radius 1 is 1.24 bits per heavy atom. The number of ether oxygens (including phenoxy) is 3. The molecule has 0 aliphatic heterocycles. The number of anilines is 1. The van der Waals surface area contributed by atoms with Crippen LogP contribution in [0.25, 0.3) is 0 Å². The minimum Gasteiger partial charge on any atom is -0.444 e. The summed E-state index contributed by atoms with van der Waals surface area (Å²) in [4.78, 5) is 20.7. The smallest absolute Gasteiger partial charge is 0.407 e. The van der Waals surface area contributed by atoms with Gasteiger partial charge in [-0.3, -0.25) is 0 Å². The van der Waals surface area contributed by atoms with Crippen molar-refractivity contribution in [1.82, 2.24) is 15.3 Å². The summed E-state index contributed by atoms with van der Waals surface area (Å²) in [6, 6.07) is 0. The van der Waals surface area contributed by atoms with Crippen molar-refractivity contribution in [3.8, 4) is 0 Å². The van der Waals surface area contributed by atoms with Crippen molar-refractivity contribution >= 4 is 23.5 Å². The van der Waals surface area contributed by atoms with Crippen LogP contribution in [0.15, 0.2) is 6.20 Å². The van der Waals surface area contributed by atoms with Gasteiger partial charge in [-0.2, -0.15) is 0 Å². The van der Waals surface area contributed by atoms with Gasteiger partial charge in [-0.25, -0.2) is 14.8 Å². The lowest BCUT2D eigenvalue weighted by molar-refractivity contribution is -0.140. The van der Waals surface area contributed by atoms with Gasteiger partial charge in [0.25, 0.3) is 0 Å². The molecule has 1 fully saturated rings. The molecule has 0 unspecified atom stereocenters. The van der Waals surface area contributed by atoms with E-state index in [0.717, 1.165) is 25.7 Å². The number of halogens is 1. The first-order valence-corrected chi connectivity index (χ1v) is 10.6. The molecule has 0 spiro atoms. The van der Waals surface area contributed by atoms with Crippen molar-refractivity contribution in [2.75, 3.05) is 25.1 Å². The molecule has 8 nitrogen and oxygen atoms in total. The molecule has 2 rings (SSSR count). The van der Waals surface area contributed by atoms with Gasteiger partial charge in [0.2, 0.25) is 5.28 Å². The second-order valence-electron chi connectivity index (χ2n) is 8.15. The number of aromatic nitrogens is 2. The summed E-state index contributed by atoms with van der Waals surface area (Å²) in [5.41, 5.74) is -0.218. The van der Waals surface area contributed by atoms with Crippen molar-refractivity contribution in [1.29, 1.82) is 0 Å². The van der Waals surface area contributed by atoms with Crippen LogP contribution in [-0.4, -0.2) is 47.0 Å². The molecule has 1 aliphatic rings. The molecular weight excluding hydrogens is 396 g/mol. The molecule has 29 heavy (non-hydrogen) atoms. The van der Waals surface area contributed by atoms with Crippen molar-refractivity contribution < 1.29 is 19.0 Å². The summed E-state index contributed by atoms with van der Waals surface area (Å²) < 4.78 is 16.8. The number of amides is 1. The van der Waals surface area contributed by atoms with Crippen LogP contribution in [0, 0.1) is 0 Å². The number of alkyl carbamates (subject to hydrolysis) is 1. The van der Waals surface area contributed by atoms with E-state index >= 15 is 0 Å². The molecule has 1 heterocycles. The third kappa shape index (κ3) is 7.28. The zero-order valence-electron chi connectivity index (χ0n) is 18.0. The lowest BCUT2D eigenvalue weighted by Gasteiger charge is -2.33. The van der Waals surface area contributed by atoms with Gasteiger partial charge in [-0.05, 0) is 59.1 Å². The second-order valence-corrected chi connectivity index (χ2v) is 8.49. The standard InChI is InChI=1S/C20H33ClN4O4/c1-6-27-16(28-7-2)14-12-22-17(21)24-15(14)25-20(10-8-9-11-20)13-23-18(26)29-19(3,4)5/h12,16H,6-11,13H2,1-5H3,(H,23,26)(H,22,24,25). The number of hydrogen-bond acceptors (Lipinski definition) is 7. The van der Waals surface area contributed by atoms with Crippen LogP contribution >= 0.6 is 11.6 Å². The summed E-state index contributed by atoms with van der Waals surface area (Å²) in [5, 5.41) is 6.54. The van der Waals surface area contributed by atoms with Crippen LogP contribution in [-0.2, 0) is 14.2 Å². The highest BCUT2D eigenvalue weighted by atomic mass is 35.5. The molecule has 0 aromatic carbocycles. The van der Waals surface area contributed by atoms with Gasteiger partial charge in [0.1, 0.15) is 11.4 Å². The van der Waals surface area contributed by atoms with Crippen LogP contribution in [0.5, 0.6) is 0 Å². The molecular formula is C20H33ClN4O4. The second kappa shape index (κ2) is 10.4. The molecule has 0 bridgehead atoms. The Morgan fingerprint density at radius 3 is 2.41 bits per heavy atom. The van der Waals surface area contributed by atoms with Gasteiger partial charge < -0.3 is 24.8 Å². The Hall–Kier alpha value is -1.64. The molecule has 1 aliphatic carbocycles. The average Bonchev–Trinajstić information content (AvgIpc) is 3.08. The third-order valence-corrected chi connectivity index (χ3v) is 4.77. The van der Waals surface area contributed by atoms with Crippen molar-refractivity contribution in [3.05, 3.63) is 17.0 Å². The quantitative estimate of drug-likeness (QED) is 0.443. The first-order valence-electron chi connectivity index (χ1n) is 10.2. The Labute approximate surface area is 178 Å². The monoisotopic (exact) mass is 428 g/mol. The summed E-state index contributed by atoms with van der Waals surface area (Å²) in [6.07, 6.45) is 4.47. The minimum atomic E-state index is -0.595. The Bertz CT molecular complexity index is 669. The highest BCUT2D eigenvalue weighted by Crippen LogP contribution is 2.35. The maximum Gasteiger partial charge on any atom is 0.407 e. The van der Waals surface area contributed by atoms with E-state index in [2.05, 4.69) is 20.6 Å². The molecule has 1 aromatic heterocycles. The molecule has 0 radical (unpaired) electrons. The fraction of sp³-hybridized carbons (Fsp3) is 0.750. The van der Waals surface area contributed by atoms with E-state index < -0.39 is 18.0 Å². The van der Waals surface area contributed by atoms with Crippen molar-refractivity contribution in [2.24, 2.45) is 0 Å². The van der Waals surface area contributed by atoms with Gasteiger partial charge >= 0.3 is 6.09 Å². The van der Waals surface area contributed by atoms with E-state index in [4.69, 9.17) is 25.8 Å². The fourth-order valence-electron chi connectivity index (χ4n) is 3.38. The maximum absolute atomic E-state index is 12.2. The molecule has 9 heteroatoms. The predicted molar refractivity (Wildman–Crippen MR) is 112 cm³/mol. The zero-order valence-corrected chi connectivity index (χ0v) is 18.8. The Morgan fingerprint density at radius 2 is 1.86 bits per heavy atom. The molecule has 164 valence electrons. The predicted octanol–water partition coefficient (Wildman–Crippen LogP) is 4.45. The summed E-state index contributed by atoms with van der Waals surface area (Å²) >= 11 is 6.07. The van der Waals surface area contributed by atoms with Gasteiger partial charge in [0, 0.05) is 26.0 Å². The van der Waals surface area contributed by atoms with E-state index in [0.29, 0.717) is 31.1 Å². The topological polar surface area (TPSA) is 94.6 Å². The van der Waals surface area contributed by atoms with Crippen LogP contribution in [0.2, 0.25) is 5.28 Å². The number of hydrogen-bond donors (Lipinski definition) is 2. The summed E-state index contributed by atoms with van der Waals surface area (Å²) in [6.45, 7) is 10.7. The molecule has 2 N–H and O–H groups in total. The number of carbonyl (C=O) groups is 1. The van der Waals surface area contributed by atoms with Crippen LogP contribution < -0.4 is 10.6 Å². The Balaban J connectivity index is 2.21. The Kier molecular flexibility index (Phi) is 8.48. The molecule has 1 saturated carbocycles. The van der Waals surface area contributed by atoms with Crippen LogP contribution in [0.1, 0.15) is 72.2 Å². The first-order chi connectivity index (χ1) is 13.7. The summed E-state index contributed by atoms with van der Waals surface area (Å²) in [5.74, 6) is 0.560. The van der Waals surface area contributed by atoms with E-state index in [1.807, 2.05) is 34.6 Å². The first kappa shape index (κ1) is 23.6. The van der Waals surface area contributed by atoms with E-state index in [9.17, 15) is 4.79 Å². The van der Waals surface area contributed by atoms with Gasteiger partial charge in [0.05, 0.1) is 11.1 Å². The zero-order chi connectivity index (χ0) is 21.5. The lowest BCUT2D eigenvalue weighted by Crippen LogP contribution is -2.48. The third-order valence-electron chi connectivity index (χ3n) is 4.59. The van der Waals surface area contributed by atoms with Gasteiger partial charge in [-0.1, -0.05) is 12.8 Å². The van der Waals surface area contributed by atoms with Gasteiger partial charge in [-0.15, -0.1) is 0 Å². The largest absolute Gasteiger partial charge is 0.444 e. The average molecular weight is 429 g/mol. The van der Waals surface area contributed by atoms with Gasteiger partial charge in [0.15, 0.2) is 6.29 Å². The van der Waals surface area contributed by atoms with E-state index in [1.54, 1.807) is 6.20 Å². The summed E-state index contributed by atoms with van der Waals surface area (Å²) in [7, 11) is 0. The normalized spacial score (nSPS) is 16.1. The molecule has 1 aromatic rings. The fourth-order valence-corrected chi connectivity index (χ4v) is 3.51. The lowest BCUT2D eigenvalue weighted by atomic mass is 9.97. The highest BCUT2D eigenvalue weighted by molar-refractivity contribution is 6.28. The highest BCUT2D eigenvalue weighted by Gasteiger charge is 2.36. The molecule has 1 amide bonds. The minimum absolute atomic E-state index is 0.135. The maximum atomic E-state index is 12.2. The molecule has 0 saturated heterocycles. The van der Waals surface area contributed by atoms with E-state index in [1.165, 1.54) is 0 Å². The SMILES string of the molecule is CCOC(OCC)c1cnc(Cl)nc1NC1(CNC(=O)OC(C)(C)C)CCCC1. The number of rotatable bonds is 9. The van der Waals surface area contributed by atoms with Crippen molar-refractivity contribution in [2.45, 2.75) is 77.7 Å². The van der Waals surface area contributed by atoms with Crippen LogP contribution in [0.4, 0.5) is 10.6 Å². The van der Waals surface area contributed by atoms with Crippen LogP contribution in [0.3, 0.4) is 0 Å². The van der Waals surface area contributed by atoms with E-state index in [-0.39, 0.29) is 10.8 Å². The van der Waals surface area contributed by atoms with Crippen molar-refractivity contribution in [3.63, 3.8) is 0 Å². The number of carbonyl (C=O) groups excluding carboxylic acids is 1.